The fraction of sp³-hybridized carbons (Fsp3) is 0.179. The lowest BCUT2D eigenvalue weighted by Crippen LogP contribution is -2.04. The first-order valence-electron chi connectivity index (χ1n) is 10.7. The molecule has 1 nitrogen and oxygen atoms in total. The normalized spacial score (nSPS) is 12.6. The van der Waals surface area contributed by atoms with Crippen molar-refractivity contribution in [1.82, 2.24) is 0 Å². The predicted octanol–water partition coefficient (Wildman–Crippen LogP) is 8.95. The maximum Gasteiger partial charge on any atom is 0.416 e. The van der Waals surface area contributed by atoms with Crippen LogP contribution in [-0.2, 0) is 6.18 Å². The van der Waals surface area contributed by atoms with Crippen LogP contribution in [0.25, 0.3) is 21.9 Å². The van der Waals surface area contributed by atoms with Crippen LogP contribution in [0.2, 0.25) is 5.02 Å². The largest absolute Gasteiger partial charge is 0.416 e. The third kappa shape index (κ3) is 5.12. The quantitative estimate of drug-likeness (QED) is 0.259. The first-order valence-corrected chi connectivity index (χ1v) is 11.1. The second-order valence-electron chi connectivity index (χ2n) is 8.20. The molecule has 4 aromatic carbocycles. The Bertz CT molecular complexity index is 1290. The molecule has 0 aromatic heterocycles. The number of alkyl halides is 3. The number of halogens is 4. The van der Waals surface area contributed by atoms with Gasteiger partial charge >= 0.3 is 6.18 Å². The number of hydrogen-bond acceptors (Lipinski definition) is 1. The first kappa shape index (κ1) is 23.1. The predicted molar refractivity (Wildman–Crippen MR) is 128 cm³/mol. The molecule has 4 rings (SSSR count). The van der Waals surface area contributed by atoms with Crippen LogP contribution >= 0.6 is 11.6 Å². The fourth-order valence-corrected chi connectivity index (χ4v) is 4.39. The minimum absolute atomic E-state index is 0.0516. The molecule has 4 aromatic rings. The van der Waals surface area contributed by atoms with Crippen molar-refractivity contribution in [2.24, 2.45) is 0 Å². The third-order valence-electron chi connectivity index (χ3n) is 5.97. The Balaban J connectivity index is 1.54. The molecule has 0 heterocycles. The summed E-state index contributed by atoms with van der Waals surface area (Å²) >= 11 is 6.27. The van der Waals surface area contributed by atoms with Crippen LogP contribution in [-0.4, -0.2) is 5.78 Å². The zero-order valence-corrected chi connectivity index (χ0v) is 18.8. The molecule has 0 amide bonds. The molecule has 0 aliphatic rings. The van der Waals surface area contributed by atoms with Crippen molar-refractivity contribution in [1.29, 1.82) is 0 Å². The molecule has 1 atom stereocenters. The number of Topliss-reactive ketones (excluding diaryl/α,β-unsaturated/α-hetero) is 1. The van der Waals surface area contributed by atoms with E-state index in [-0.39, 0.29) is 11.7 Å². The summed E-state index contributed by atoms with van der Waals surface area (Å²) < 4.78 is 38.7. The van der Waals surface area contributed by atoms with Gasteiger partial charge in [0, 0.05) is 17.0 Å². The number of carbonyl (C=O) groups excluding carboxylic acids is 1. The molecule has 168 valence electrons. The Morgan fingerprint density at radius 2 is 1.64 bits per heavy atom. The van der Waals surface area contributed by atoms with Gasteiger partial charge in [0.25, 0.3) is 0 Å². The summed E-state index contributed by atoms with van der Waals surface area (Å²) in [5.41, 5.74) is 2.50. The van der Waals surface area contributed by atoms with Crippen LogP contribution in [0.4, 0.5) is 13.2 Å². The van der Waals surface area contributed by atoms with Gasteiger partial charge in [-0.3, -0.25) is 4.79 Å². The second kappa shape index (κ2) is 9.40. The summed E-state index contributed by atoms with van der Waals surface area (Å²) in [6.45, 7) is 2.06. The van der Waals surface area contributed by atoms with E-state index < -0.39 is 11.7 Å². The first-order chi connectivity index (χ1) is 15.7. The standard InChI is InChI=1S/C28H22ClF3O/c1-18(23-6-2-3-8-26(23)29)9-16-27(33)21-12-15-25-20(17-21)5-4-7-24(25)19-10-13-22(14-11-19)28(30,31)32/h2-8,10-15,17-18H,9,16H2,1H3/t18-/m1/s1. The van der Waals surface area contributed by atoms with Gasteiger partial charge in [-0.25, -0.2) is 0 Å². The zero-order valence-electron chi connectivity index (χ0n) is 18.0. The molecule has 5 heteroatoms. The van der Waals surface area contributed by atoms with E-state index in [4.69, 9.17) is 11.6 Å². The Kier molecular flexibility index (Phi) is 6.57. The van der Waals surface area contributed by atoms with Crippen molar-refractivity contribution >= 4 is 28.2 Å². The van der Waals surface area contributed by atoms with Gasteiger partial charge in [0.15, 0.2) is 5.78 Å². The number of benzene rings is 4. The molecule has 0 radical (unpaired) electrons. The van der Waals surface area contributed by atoms with Gasteiger partial charge in [0.05, 0.1) is 5.56 Å². The molecule has 33 heavy (non-hydrogen) atoms. The summed E-state index contributed by atoms with van der Waals surface area (Å²) in [5.74, 6) is 0.213. The molecule has 0 aliphatic carbocycles. The van der Waals surface area contributed by atoms with E-state index in [0.29, 0.717) is 29.0 Å². The number of hydrogen-bond donors (Lipinski definition) is 0. The van der Waals surface area contributed by atoms with Crippen molar-refractivity contribution in [2.45, 2.75) is 31.9 Å². The summed E-state index contributed by atoms with van der Waals surface area (Å²) in [7, 11) is 0. The topological polar surface area (TPSA) is 17.1 Å². The Morgan fingerprint density at radius 3 is 2.33 bits per heavy atom. The molecular weight excluding hydrogens is 445 g/mol. The van der Waals surface area contributed by atoms with E-state index in [1.165, 1.54) is 12.1 Å². The average molecular weight is 467 g/mol. The highest BCUT2D eigenvalue weighted by Gasteiger charge is 2.30. The zero-order chi connectivity index (χ0) is 23.6. The van der Waals surface area contributed by atoms with Crippen molar-refractivity contribution in [3.63, 3.8) is 0 Å². The van der Waals surface area contributed by atoms with E-state index in [9.17, 15) is 18.0 Å². The van der Waals surface area contributed by atoms with Crippen LogP contribution in [0.15, 0.2) is 84.9 Å². The Hall–Kier alpha value is -3.11. The van der Waals surface area contributed by atoms with Gasteiger partial charge in [-0.05, 0) is 64.1 Å². The van der Waals surface area contributed by atoms with Gasteiger partial charge in [-0.2, -0.15) is 13.2 Å². The lowest BCUT2D eigenvalue weighted by molar-refractivity contribution is -0.137. The molecule has 0 spiro atoms. The summed E-state index contributed by atoms with van der Waals surface area (Å²) in [6, 6.07) is 23.9. The maximum absolute atomic E-state index is 12.9. The minimum Gasteiger partial charge on any atom is -0.294 e. The van der Waals surface area contributed by atoms with Gasteiger partial charge in [-0.15, -0.1) is 0 Å². The van der Waals surface area contributed by atoms with Crippen molar-refractivity contribution in [3.05, 3.63) is 107 Å². The van der Waals surface area contributed by atoms with E-state index in [2.05, 4.69) is 6.92 Å². The van der Waals surface area contributed by atoms with Crippen LogP contribution in [0.5, 0.6) is 0 Å². The third-order valence-corrected chi connectivity index (χ3v) is 6.31. The lowest BCUT2D eigenvalue weighted by atomic mass is 9.92. The number of fused-ring (bicyclic) bond motifs is 1. The smallest absolute Gasteiger partial charge is 0.294 e. The summed E-state index contributed by atoms with van der Waals surface area (Å²) in [4.78, 5) is 12.9. The molecule has 0 fully saturated rings. The lowest BCUT2D eigenvalue weighted by Gasteiger charge is -2.13. The molecule has 0 unspecified atom stereocenters. The number of rotatable bonds is 6. The van der Waals surface area contributed by atoms with Crippen molar-refractivity contribution in [3.8, 4) is 11.1 Å². The Labute approximate surface area is 195 Å². The van der Waals surface area contributed by atoms with Gasteiger partial charge < -0.3 is 0 Å². The molecule has 0 saturated carbocycles. The Morgan fingerprint density at radius 1 is 0.909 bits per heavy atom. The number of carbonyl (C=O) groups is 1. The minimum atomic E-state index is -4.37. The van der Waals surface area contributed by atoms with E-state index in [1.54, 1.807) is 6.07 Å². The SMILES string of the molecule is C[C@H](CCC(=O)c1ccc2c(-c3ccc(C(F)(F)F)cc3)cccc2c1)c1ccccc1Cl. The molecule has 0 aliphatic heterocycles. The molecular formula is C28H22ClF3O. The van der Waals surface area contributed by atoms with Crippen LogP contribution in [0.1, 0.15) is 47.2 Å². The highest BCUT2D eigenvalue weighted by molar-refractivity contribution is 6.31. The summed E-state index contributed by atoms with van der Waals surface area (Å²) in [6.07, 6.45) is -3.28. The fourth-order valence-electron chi connectivity index (χ4n) is 4.07. The number of ketones is 1. The van der Waals surface area contributed by atoms with Gasteiger partial charge in [0.2, 0.25) is 0 Å². The maximum atomic E-state index is 12.9. The highest BCUT2D eigenvalue weighted by Crippen LogP contribution is 2.34. The van der Waals surface area contributed by atoms with Crippen LogP contribution in [0.3, 0.4) is 0 Å². The summed E-state index contributed by atoms with van der Waals surface area (Å²) in [5, 5.41) is 2.47. The average Bonchev–Trinajstić information content (AvgIpc) is 2.81. The van der Waals surface area contributed by atoms with Crippen molar-refractivity contribution in [2.75, 3.05) is 0 Å². The molecule has 0 bridgehead atoms. The van der Waals surface area contributed by atoms with Crippen LogP contribution in [0, 0.1) is 0 Å². The van der Waals surface area contributed by atoms with Gasteiger partial charge in [0.1, 0.15) is 0 Å². The van der Waals surface area contributed by atoms with Crippen LogP contribution < -0.4 is 0 Å². The molecule has 0 N–H and O–H groups in total. The monoisotopic (exact) mass is 466 g/mol. The second-order valence-corrected chi connectivity index (χ2v) is 8.61. The van der Waals surface area contributed by atoms with E-state index in [0.717, 1.165) is 34.0 Å². The van der Waals surface area contributed by atoms with E-state index in [1.807, 2.05) is 54.6 Å². The van der Waals surface area contributed by atoms with E-state index >= 15 is 0 Å². The van der Waals surface area contributed by atoms with Gasteiger partial charge in [-0.1, -0.05) is 79.2 Å². The van der Waals surface area contributed by atoms with Crippen molar-refractivity contribution < 1.29 is 18.0 Å². The highest BCUT2D eigenvalue weighted by atomic mass is 35.5. The molecule has 0 saturated heterocycles.